The van der Waals surface area contributed by atoms with Crippen LogP contribution in [0.15, 0.2) is 41.2 Å². The van der Waals surface area contributed by atoms with Gasteiger partial charge < -0.3 is 9.64 Å². The normalized spacial score (nSPS) is 22.9. The van der Waals surface area contributed by atoms with Gasteiger partial charge >= 0.3 is 11.9 Å². The van der Waals surface area contributed by atoms with Crippen LogP contribution in [0.2, 0.25) is 0 Å². The van der Waals surface area contributed by atoms with Crippen molar-refractivity contribution in [2.24, 2.45) is 7.05 Å². The van der Waals surface area contributed by atoms with Crippen LogP contribution in [0.3, 0.4) is 0 Å². The van der Waals surface area contributed by atoms with Crippen LogP contribution in [0, 0.1) is 11.3 Å². The molecule has 0 spiro atoms. The number of halogens is 3. The molecule has 2 unspecified atom stereocenters. The Morgan fingerprint density at radius 1 is 1.11 bits per heavy atom. The smallest absolute Gasteiger partial charge is 0.378 e. The molecule has 0 amide bonds. The number of fused-ring (bicyclic) bond motifs is 2. The summed E-state index contributed by atoms with van der Waals surface area (Å²) >= 11 is 0. The molecule has 8 nitrogen and oxygen atoms in total. The number of nitrogens with zero attached hydrogens (tertiary/aromatic N) is 6. The van der Waals surface area contributed by atoms with Crippen molar-refractivity contribution in [3.8, 4) is 6.07 Å². The lowest BCUT2D eigenvalue weighted by atomic mass is 9.93. The van der Waals surface area contributed by atoms with Gasteiger partial charge in [0, 0.05) is 26.2 Å². The lowest BCUT2D eigenvalue weighted by Gasteiger charge is -2.52. The number of nitriles is 1. The molecule has 2 aliphatic rings. The highest BCUT2D eigenvalue weighted by atomic mass is 19.4. The zero-order chi connectivity index (χ0) is 25.6. The summed E-state index contributed by atoms with van der Waals surface area (Å²) < 4.78 is 46.5. The van der Waals surface area contributed by atoms with Crippen molar-refractivity contribution in [1.29, 1.82) is 5.26 Å². The predicted molar refractivity (Wildman–Crippen MR) is 126 cm³/mol. The van der Waals surface area contributed by atoms with Crippen LogP contribution in [-0.2, 0) is 18.0 Å². The number of aromatic nitrogens is 3. The SMILES string of the molecule is CC[C@H]1C2COCC(c3ccc(C(F)(F)F)cc3)N2CCN1c1nc(=O)n(C)c2ccc(C#N)nc12. The number of rotatable bonds is 3. The topological polar surface area (TPSA) is 87.3 Å². The Bertz CT molecular complexity index is 1380. The van der Waals surface area contributed by atoms with Crippen LogP contribution in [0.1, 0.15) is 36.2 Å². The van der Waals surface area contributed by atoms with Crippen molar-refractivity contribution in [1.82, 2.24) is 19.4 Å². The molecule has 0 radical (unpaired) electrons. The van der Waals surface area contributed by atoms with Crippen molar-refractivity contribution < 1.29 is 17.9 Å². The summed E-state index contributed by atoms with van der Waals surface area (Å²) in [5.74, 6) is 0.438. The summed E-state index contributed by atoms with van der Waals surface area (Å²) in [5, 5.41) is 9.37. The van der Waals surface area contributed by atoms with Crippen molar-refractivity contribution in [3.63, 3.8) is 0 Å². The quantitative estimate of drug-likeness (QED) is 0.548. The fraction of sp³-hybridized carbons (Fsp3) is 0.440. The second kappa shape index (κ2) is 9.19. The second-order valence-corrected chi connectivity index (χ2v) is 9.10. The molecule has 5 rings (SSSR count). The molecule has 188 valence electrons. The van der Waals surface area contributed by atoms with E-state index >= 15 is 0 Å². The number of hydrogen-bond acceptors (Lipinski definition) is 7. The van der Waals surface area contributed by atoms with Gasteiger partial charge in [0.05, 0.1) is 36.4 Å². The van der Waals surface area contributed by atoms with Gasteiger partial charge in [-0.3, -0.25) is 9.47 Å². The number of pyridine rings is 1. The molecular formula is C25H25F3N6O2. The molecule has 0 saturated carbocycles. The van der Waals surface area contributed by atoms with Crippen LogP contribution in [0.4, 0.5) is 19.0 Å². The highest BCUT2D eigenvalue weighted by molar-refractivity contribution is 5.86. The van der Waals surface area contributed by atoms with Crippen LogP contribution >= 0.6 is 0 Å². The number of ether oxygens (including phenoxy) is 1. The zero-order valence-electron chi connectivity index (χ0n) is 19.9. The van der Waals surface area contributed by atoms with E-state index in [1.807, 2.05) is 13.0 Å². The first-order valence-electron chi connectivity index (χ1n) is 11.8. The monoisotopic (exact) mass is 498 g/mol. The number of piperazine rings is 1. The van der Waals surface area contributed by atoms with E-state index in [1.165, 1.54) is 16.7 Å². The maximum atomic E-state index is 13.1. The number of alkyl halides is 3. The summed E-state index contributed by atoms with van der Waals surface area (Å²) in [7, 11) is 1.62. The van der Waals surface area contributed by atoms with E-state index in [2.05, 4.69) is 19.8 Å². The lowest BCUT2D eigenvalue weighted by Crippen LogP contribution is -2.64. The van der Waals surface area contributed by atoms with Crippen LogP contribution < -0.4 is 10.6 Å². The van der Waals surface area contributed by atoms with E-state index in [4.69, 9.17) is 4.74 Å². The number of anilines is 1. The largest absolute Gasteiger partial charge is 0.416 e. The zero-order valence-corrected chi connectivity index (χ0v) is 19.9. The first kappa shape index (κ1) is 24.2. The summed E-state index contributed by atoms with van der Waals surface area (Å²) in [4.78, 5) is 25.8. The molecule has 3 aromatic rings. The third-order valence-electron chi connectivity index (χ3n) is 7.20. The average Bonchev–Trinajstić information content (AvgIpc) is 2.89. The highest BCUT2D eigenvalue weighted by Crippen LogP contribution is 2.37. The van der Waals surface area contributed by atoms with Gasteiger partial charge in [-0.15, -0.1) is 0 Å². The molecule has 2 aliphatic heterocycles. The number of hydrogen-bond donors (Lipinski definition) is 0. The minimum atomic E-state index is -4.38. The number of aryl methyl sites for hydroxylation is 1. The maximum Gasteiger partial charge on any atom is 0.416 e. The Morgan fingerprint density at radius 3 is 2.53 bits per heavy atom. The van der Waals surface area contributed by atoms with E-state index in [0.29, 0.717) is 43.2 Å². The molecule has 4 heterocycles. The van der Waals surface area contributed by atoms with Gasteiger partial charge in [-0.2, -0.15) is 23.4 Å². The first-order chi connectivity index (χ1) is 17.2. The summed E-state index contributed by atoms with van der Waals surface area (Å²) in [6.45, 7) is 4.02. The third-order valence-corrected chi connectivity index (χ3v) is 7.20. The van der Waals surface area contributed by atoms with Gasteiger partial charge in [0.25, 0.3) is 0 Å². The molecule has 1 aromatic carbocycles. The summed E-state index contributed by atoms with van der Waals surface area (Å²) in [6.07, 6.45) is -3.66. The van der Waals surface area contributed by atoms with E-state index in [0.717, 1.165) is 24.1 Å². The number of benzene rings is 1. The molecule has 0 bridgehead atoms. The maximum absolute atomic E-state index is 13.1. The minimum absolute atomic E-state index is 0.0650. The third kappa shape index (κ3) is 4.10. The van der Waals surface area contributed by atoms with Crippen LogP contribution in [0.25, 0.3) is 11.0 Å². The van der Waals surface area contributed by atoms with Gasteiger partial charge in [-0.25, -0.2) is 9.78 Å². The van der Waals surface area contributed by atoms with Crippen LogP contribution in [-0.4, -0.2) is 57.8 Å². The van der Waals surface area contributed by atoms with Gasteiger partial charge in [0.15, 0.2) is 5.82 Å². The molecular weight excluding hydrogens is 473 g/mol. The van der Waals surface area contributed by atoms with E-state index in [1.54, 1.807) is 19.2 Å². The molecule has 36 heavy (non-hydrogen) atoms. The minimum Gasteiger partial charge on any atom is -0.378 e. The Kier molecular flexibility index (Phi) is 6.18. The highest BCUT2D eigenvalue weighted by Gasteiger charge is 2.43. The average molecular weight is 499 g/mol. The summed E-state index contributed by atoms with van der Waals surface area (Å²) in [5.41, 5.74) is 0.989. The van der Waals surface area contributed by atoms with Crippen molar-refractivity contribution in [2.75, 3.05) is 31.2 Å². The fourth-order valence-corrected chi connectivity index (χ4v) is 5.38. The predicted octanol–water partition coefficient (Wildman–Crippen LogP) is 3.26. The molecule has 3 atom stereocenters. The summed E-state index contributed by atoms with van der Waals surface area (Å²) in [6, 6.07) is 10.3. The van der Waals surface area contributed by atoms with E-state index in [9.17, 15) is 23.2 Å². The van der Waals surface area contributed by atoms with Crippen molar-refractivity contribution >= 4 is 16.9 Å². The number of morpholine rings is 1. The molecule has 11 heteroatoms. The Balaban J connectivity index is 1.50. The van der Waals surface area contributed by atoms with Gasteiger partial charge in [-0.05, 0) is 36.2 Å². The molecule has 0 N–H and O–H groups in total. The Labute approximate surface area is 205 Å². The second-order valence-electron chi connectivity index (χ2n) is 9.10. The fourth-order valence-electron chi connectivity index (χ4n) is 5.38. The van der Waals surface area contributed by atoms with Gasteiger partial charge in [0.2, 0.25) is 0 Å². The van der Waals surface area contributed by atoms with Crippen LogP contribution in [0.5, 0.6) is 0 Å². The lowest BCUT2D eigenvalue weighted by molar-refractivity contribution is -0.137. The Hall–Kier alpha value is -3.49. The molecule has 2 fully saturated rings. The van der Waals surface area contributed by atoms with E-state index < -0.39 is 17.4 Å². The first-order valence-corrected chi connectivity index (χ1v) is 11.8. The van der Waals surface area contributed by atoms with Crippen molar-refractivity contribution in [2.45, 2.75) is 37.6 Å². The standard InChI is InChI=1S/C25H25F3N6O2/c1-3-18-21-14-36-13-20(15-4-6-16(7-5-15)25(26,27)28)33(21)10-11-34(18)23-22-19(32(2)24(35)31-23)9-8-17(12-29)30-22/h4-9,18,20-21H,3,10-11,13-14H2,1-2H3/t18-,20?,21?/m0/s1. The Morgan fingerprint density at radius 2 is 1.86 bits per heavy atom. The molecule has 2 saturated heterocycles. The van der Waals surface area contributed by atoms with Crippen molar-refractivity contribution in [3.05, 3.63) is 63.7 Å². The molecule has 0 aliphatic carbocycles. The molecule has 2 aromatic heterocycles. The van der Waals surface area contributed by atoms with Gasteiger partial charge in [0.1, 0.15) is 17.3 Å². The van der Waals surface area contributed by atoms with Gasteiger partial charge in [-0.1, -0.05) is 19.1 Å². The van der Waals surface area contributed by atoms with E-state index in [-0.39, 0.29) is 23.8 Å².